The van der Waals surface area contributed by atoms with E-state index in [0.717, 1.165) is 10.9 Å². The second-order valence-electron chi connectivity index (χ2n) is 4.65. The van der Waals surface area contributed by atoms with Crippen LogP contribution in [0.25, 0.3) is 10.9 Å². The molecular weight excluding hydrogens is 177 g/mol. The zero-order valence-electron chi connectivity index (χ0n) is 8.69. The normalized spacial score (nSPS) is 12.3. The van der Waals surface area contributed by atoms with Crippen LogP contribution in [0, 0.1) is 5.82 Å². The molecule has 0 atom stereocenters. The smallest absolute Gasteiger partial charge is 0.147 e. The van der Waals surface area contributed by atoms with Crippen LogP contribution in [0.5, 0.6) is 0 Å². The first-order valence-corrected chi connectivity index (χ1v) is 4.75. The summed E-state index contributed by atoms with van der Waals surface area (Å²) >= 11 is 0. The molecule has 0 amide bonds. The first kappa shape index (κ1) is 9.25. The lowest BCUT2D eigenvalue weighted by atomic mass is 9.86. The lowest BCUT2D eigenvalue weighted by Gasteiger charge is -2.19. The van der Waals surface area contributed by atoms with Crippen LogP contribution in [0.2, 0.25) is 0 Å². The van der Waals surface area contributed by atoms with E-state index in [1.807, 2.05) is 12.1 Å². The van der Waals surface area contributed by atoms with Gasteiger partial charge in [0.1, 0.15) is 5.82 Å². The number of benzene rings is 1. The Morgan fingerprint density at radius 2 is 1.93 bits per heavy atom. The number of aromatic nitrogens is 1. The highest BCUT2D eigenvalue weighted by Crippen LogP contribution is 2.27. The third-order valence-corrected chi connectivity index (χ3v) is 2.48. The molecule has 14 heavy (non-hydrogen) atoms. The quantitative estimate of drug-likeness (QED) is 0.654. The predicted octanol–water partition coefficient (Wildman–Crippen LogP) is 3.60. The number of hydrogen-bond acceptors (Lipinski definition) is 0. The first-order chi connectivity index (χ1) is 6.48. The lowest BCUT2D eigenvalue weighted by Crippen LogP contribution is -2.11. The van der Waals surface area contributed by atoms with Crippen LogP contribution in [0.15, 0.2) is 24.4 Å². The van der Waals surface area contributed by atoms with E-state index in [-0.39, 0.29) is 11.2 Å². The molecule has 2 aromatic rings. The summed E-state index contributed by atoms with van der Waals surface area (Å²) < 4.78 is 13.6. The van der Waals surface area contributed by atoms with Crippen LogP contribution in [0.4, 0.5) is 4.39 Å². The number of fused-ring (bicyclic) bond motifs is 1. The Kier molecular flexibility index (Phi) is 1.88. The van der Waals surface area contributed by atoms with Gasteiger partial charge in [0.15, 0.2) is 0 Å². The fraction of sp³-hybridized carbons (Fsp3) is 0.333. The highest BCUT2D eigenvalue weighted by atomic mass is 19.1. The van der Waals surface area contributed by atoms with Gasteiger partial charge in [0.2, 0.25) is 0 Å². The van der Waals surface area contributed by atoms with Gasteiger partial charge in [0, 0.05) is 11.6 Å². The summed E-state index contributed by atoms with van der Waals surface area (Å²) in [5, 5.41) is 0.940. The van der Waals surface area contributed by atoms with Crippen molar-refractivity contribution < 1.29 is 4.39 Å². The fourth-order valence-corrected chi connectivity index (χ4v) is 1.56. The van der Waals surface area contributed by atoms with Gasteiger partial charge in [-0.1, -0.05) is 20.8 Å². The van der Waals surface area contributed by atoms with E-state index in [4.69, 9.17) is 0 Å². The average molecular weight is 191 g/mol. The molecule has 0 aliphatic carbocycles. The van der Waals surface area contributed by atoms with Crippen molar-refractivity contribution >= 4 is 10.9 Å². The third-order valence-electron chi connectivity index (χ3n) is 2.48. The molecule has 1 aromatic carbocycles. The van der Waals surface area contributed by atoms with Gasteiger partial charge in [-0.25, -0.2) is 4.39 Å². The molecule has 0 spiro atoms. The lowest BCUT2D eigenvalue weighted by molar-refractivity contribution is 0.576. The van der Waals surface area contributed by atoms with Crippen molar-refractivity contribution in [1.29, 1.82) is 0 Å². The second kappa shape index (κ2) is 2.84. The molecule has 2 heteroatoms. The standard InChI is InChI=1S/C12H14FN/c1-12(2,3)9-6-8-4-5-14-11(8)10(13)7-9/h4-7,14H,1-3H3. The van der Waals surface area contributed by atoms with Crippen molar-refractivity contribution in [2.75, 3.05) is 0 Å². The molecular formula is C12H14FN. The van der Waals surface area contributed by atoms with Crippen molar-refractivity contribution in [1.82, 2.24) is 4.98 Å². The Bertz CT molecular complexity index is 463. The molecule has 0 saturated carbocycles. The van der Waals surface area contributed by atoms with E-state index in [1.165, 1.54) is 0 Å². The van der Waals surface area contributed by atoms with Crippen LogP contribution in [0.1, 0.15) is 26.3 Å². The van der Waals surface area contributed by atoms with E-state index in [0.29, 0.717) is 5.52 Å². The number of hydrogen-bond donors (Lipinski definition) is 1. The van der Waals surface area contributed by atoms with Crippen LogP contribution in [0.3, 0.4) is 0 Å². The molecule has 0 radical (unpaired) electrons. The highest BCUT2D eigenvalue weighted by molar-refractivity contribution is 5.80. The molecule has 2 rings (SSSR count). The first-order valence-electron chi connectivity index (χ1n) is 4.75. The molecule has 1 heterocycles. The van der Waals surface area contributed by atoms with Crippen molar-refractivity contribution in [2.45, 2.75) is 26.2 Å². The maximum Gasteiger partial charge on any atom is 0.147 e. The van der Waals surface area contributed by atoms with Gasteiger partial charge >= 0.3 is 0 Å². The van der Waals surface area contributed by atoms with Gasteiger partial charge < -0.3 is 4.98 Å². The van der Waals surface area contributed by atoms with Crippen LogP contribution in [-0.4, -0.2) is 4.98 Å². The maximum absolute atomic E-state index is 13.6. The Morgan fingerprint density at radius 1 is 1.21 bits per heavy atom. The zero-order valence-corrected chi connectivity index (χ0v) is 8.69. The molecule has 1 nitrogen and oxygen atoms in total. The molecule has 74 valence electrons. The summed E-state index contributed by atoms with van der Waals surface area (Å²) in [6.07, 6.45) is 1.76. The minimum Gasteiger partial charge on any atom is -0.359 e. The molecule has 1 aromatic heterocycles. The van der Waals surface area contributed by atoms with Gasteiger partial charge in [0.25, 0.3) is 0 Å². The minimum absolute atomic E-state index is 0.00764. The number of H-pyrrole nitrogens is 1. The van der Waals surface area contributed by atoms with Crippen LogP contribution < -0.4 is 0 Å². The molecule has 1 N–H and O–H groups in total. The van der Waals surface area contributed by atoms with E-state index in [1.54, 1.807) is 12.3 Å². The molecule has 0 unspecified atom stereocenters. The summed E-state index contributed by atoms with van der Waals surface area (Å²) in [5.41, 5.74) is 1.62. The summed E-state index contributed by atoms with van der Waals surface area (Å²) in [4.78, 5) is 2.89. The second-order valence-corrected chi connectivity index (χ2v) is 4.65. The molecule has 0 saturated heterocycles. The molecule has 0 fully saturated rings. The topological polar surface area (TPSA) is 15.8 Å². The van der Waals surface area contributed by atoms with E-state index in [9.17, 15) is 4.39 Å². The Labute approximate surface area is 82.9 Å². The number of halogens is 1. The van der Waals surface area contributed by atoms with E-state index in [2.05, 4.69) is 25.8 Å². The van der Waals surface area contributed by atoms with E-state index >= 15 is 0 Å². The zero-order chi connectivity index (χ0) is 10.3. The Hall–Kier alpha value is -1.31. The van der Waals surface area contributed by atoms with Crippen molar-refractivity contribution in [2.24, 2.45) is 0 Å². The average Bonchev–Trinajstić information content (AvgIpc) is 2.50. The molecule has 0 aliphatic rings. The maximum atomic E-state index is 13.6. The highest BCUT2D eigenvalue weighted by Gasteiger charge is 2.16. The molecule has 0 aliphatic heterocycles. The van der Waals surface area contributed by atoms with E-state index < -0.39 is 0 Å². The van der Waals surface area contributed by atoms with Crippen molar-refractivity contribution in [3.8, 4) is 0 Å². The summed E-state index contributed by atoms with van der Waals surface area (Å²) in [5.74, 6) is -0.169. The Morgan fingerprint density at radius 3 is 2.57 bits per heavy atom. The number of aromatic amines is 1. The largest absolute Gasteiger partial charge is 0.359 e. The van der Waals surface area contributed by atoms with Gasteiger partial charge in [-0.15, -0.1) is 0 Å². The van der Waals surface area contributed by atoms with Crippen molar-refractivity contribution in [3.63, 3.8) is 0 Å². The SMILES string of the molecule is CC(C)(C)c1cc(F)c2[nH]ccc2c1. The van der Waals surface area contributed by atoms with Crippen molar-refractivity contribution in [3.05, 3.63) is 35.8 Å². The van der Waals surface area contributed by atoms with Crippen LogP contribution in [-0.2, 0) is 5.41 Å². The summed E-state index contributed by atoms with van der Waals surface area (Å²) in [7, 11) is 0. The number of nitrogens with one attached hydrogen (secondary N) is 1. The van der Waals surface area contributed by atoms with Gasteiger partial charge in [-0.2, -0.15) is 0 Å². The fourth-order valence-electron chi connectivity index (χ4n) is 1.56. The number of rotatable bonds is 0. The summed E-state index contributed by atoms with van der Waals surface area (Å²) in [6.45, 7) is 6.25. The predicted molar refractivity (Wildman–Crippen MR) is 57.0 cm³/mol. The summed E-state index contributed by atoms with van der Waals surface area (Å²) in [6, 6.07) is 5.54. The minimum atomic E-state index is -0.169. The van der Waals surface area contributed by atoms with Gasteiger partial charge in [0.05, 0.1) is 5.52 Å². The van der Waals surface area contributed by atoms with Gasteiger partial charge in [-0.05, 0) is 29.2 Å². The third kappa shape index (κ3) is 1.41. The van der Waals surface area contributed by atoms with Crippen LogP contribution >= 0.6 is 0 Å². The monoisotopic (exact) mass is 191 g/mol. The Balaban J connectivity index is 2.70. The molecule has 0 bridgehead atoms. The van der Waals surface area contributed by atoms with Gasteiger partial charge in [-0.3, -0.25) is 0 Å².